The molecule has 0 fully saturated rings. The molecule has 25 heavy (non-hydrogen) atoms. The summed E-state index contributed by atoms with van der Waals surface area (Å²) in [4.78, 5) is 3.94. The maximum absolute atomic E-state index is 9.15. The topological polar surface area (TPSA) is 94.4 Å². The van der Waals surface area contributed by atoms with Gasteiger partial charge in [-0.2, -0.15) is 10.4 Å². The van der Waals surface area contributed by atoms with Gasteiger partial charge in [-0.25, -0.2) is 14.3 Å². The molecule has 0 spiro atoms. The summed E-state index contributed by atoms with van der Waals surface area (Å²) in [5, 5.41) is 21.3. The highest BCUT2D eigenvalue weighted by Crippen LogP contribution is 2.28. The predicted molar refractivity (Wildman–Crippen MR) is 88.9 cm³/mol. The number of hydrogen-bond donors (Lipinski definition) is 0. The zero-order valence-electron chi connectivity index (χ0n) is 13.4. The molecule has 122 valence electrons. The van der Waals surface area contributed by atoms with Gasteiger partial charge in [-0.15, -0.1) is 5.10 Å². The zero-order valence-corrected chi connectivity index (χ0v) is 13.4. The Labute approximate surface area is 142 Å². The van der Waals surface area contributed by atoms with Crippen LogP contribution in [0.15, 0.2) is 49.1 Å². The first-order chi connectivity index (χ1) is 12.2. The molecule has 8 heteroatoms. The molecule has 0 amide bonds. The van der Waals surface area contributed by atoms with E-state index >= 15 is 0 Å². The highest BCUT2D eigenvalue weighted by atomic mass is 16.5. The fourth-order valence-corrected chi connectivity index (χ4v) is 2.56. The van der Waals surface area contributed by atoms with Crippen LogP contribution in [0.3, 0.4) is 0 Å². The van der Waals surface area contributed by atoms with Gasteiger partial charge >= 0.3 is 0 Å². The molecule has 2 aromatic heterocycles. The van der Waals surface area contributed by atoms with E-state index in [9.17, 15) is 0 Å². The lowest BCUT2D eigenvalue weighted by Gasteiger charge is -2.12. The van der Waals surface area contributed by atoms with Crippen molar-refractivity contribution in [2.75, 3.05) is 0 Å². The molecule has 0 unspecified atom stereocenters. The molecule has 4 aromatic rings. The number of benzene rings is 2. The lowest BCUT2D eigenvalue weighted by Crippen LogP contribution is -2.02. The van der Waals surface area contributed by atoms with Gasteiger partial charge in [-0.1, -0.05) is 5.21 Å². The standard InChI is InChI=1S/C17H13N7O/c1-23-16-7-14(3-4-15(16)21-22-23)25-17-5-2-12(8-18)6-13(17)9-24-11-19-10-20-24/h2-7,10-11H,9H2,1H3. The minimum atomic E-state index is 0.459. The van der Waals surface area contributed by atoms with Gasteiger partial charge in [-0.05, 0) is 30.3 Å². The Bertz CT molecular complexity index is 1080. The molecule has 0 radical (unpaired) electrons. The van der Waals surface area contributed by atoms with Crippen molar-refractivity contribution in [3.8, 4) is 17.6 Å². The van der Waals surface area contributed by atoms with Gasteiger partial charge in [0.05, 0.1) is 23.7 Å². The van der Waals surface area contributed by atoms with E-state index in [1.165, 1.54) is 6.33 Å². The lowest BCUT2D eigenvalue weighted by molar-refractivity contribution is 0.472. The van der Waals surface area contributed by atoms with Crippen LogP contribution < -0.4 is 4.74 Å². The van der Waals surface area contributed by atoms with Crippen LogP contribution in [-0.2, 0) is 13.6 Å². The summed E-state index contributed by atoms with van der Waals surface area (Å²) >= 11 is 0. The van der Waals surface area contributed by atoms with E-state index in [-0.39, 0.29) is 0 Å². The number of aromatic nitrogens is 6. The van der Waals surface area contributed by atoms with E-state index in [2.05, 4.69) is 26.5 Å². The molecule has 0 N–H and O–H groups in total. The van der Waals surface area contributed by atoms with Crippen LogP contribution in [-0.4, -0.2) is 29.8 Å². The first-order valence-electron chi connectivity index (χ1n) is 7.55. The number of hydrogen-bond acceptors (Lipinski definition) is 6. The molecule has 8 nitrogen and oxygen atoms in total. The Hall–Kier alpha value is -3.73. The first-order valence-corrected chi connectivity index (χ1v) is 7.55. The number of nitriles is 1. The highest BCUT2D eigenvalue weighted by molar-refractivity contribution is 5.76. The normalized spacial score (nSPS) is 10.7. The Morgan fingerprint density at radius 1 is 1.20 bits per heavy atom. The van der Waals surface area contributed by atoms with Crippen LogP contribution in [0, 0.1) is 11.3 Å². The fourth-order valence-electron chi connectivity index (χ4n) is 2.56. The summed E-state index contributed by atoms with van der Waals surface area (Å²) in [6.07, 6.45) is 3.09. The second-order valence-electron chi connectivity index (χ2n) is 5.49. The Kier molecular flexibility index (Phi) is 3.59. The number of fused-ring (bicyclic) bond motifs is 1. The monoisotopic (exact) mass is 331 g/mol. The summed E-state index contributed by atoms with van der Waals surface area (Å²) in [6, 6.07) is 13.0. The molecular formula is C17H13N7O. The van der Waals surface area contributed by atoms with Gasteiger partial charge in [0.1, 0.15) is 29.7 Å². The van der Waals surface area contributed by atoms with Crippen molar-refractivity contribution in [2.24, 2.45) is 7.05 Å². The van der Waals surface area contributed by atoms with Crippen molar-refractivity contribution in [2.45, 2.75) is 6.54 Å². The van der Waals surface area contributed by atoms with Crippen LogP contribution in [0.25, 0.3) is 11.0 Å². The van der Waals surface area contributed by atoms with Crippen LogP contribution >= 0.6 is 0 Å². The first kappa shape index (κ1) is 14.8. The fraction of sp³-hybridized carbons (Fsp3) is 0.118. The molecule has 0 aliphatic rings. The van der Waals surface area contributed by atoms with Crippen molar-refractivity contribution in [3.05, 3.63) is 60.2 Å². The van der Waals surface area contributed by atoms with E-state index in [0.717, 1.165) is 16.6 Å². The van der Waals surface area contributed by atoms with Gasteiger partial charge < -0.3 is 4.74 Å². The second-order valence-corrected chi connectivity index (χ2v) is 5.49. The number of aryl methyl sites for hydroxylation is 1. The van der Waals surface area contributed by atoms with Crippen molar-refractivity contribution >= 4 is 11.0 Å². The van der Waals surface area contributed by atoms with E-state index in [4.69, 9.17) is 10.00 Å². The van der Waals surface area contributed by atoms with Gasteiger partial charge in [0, 0.05) is 18.7 Å². The van der Waals surface area contributed by atoms with Crippen molar-refractivity contribution in [3.63, 3.8) is 0 Å². The smallest absolute Gasteiger partial charge is 0.137 e. The number of nitrogens with zero attached hydrogens (tertiary/aromatic N) is 7. The summed E-state index contributed by atoms with van der Waals surface area (Å²) in [5.74, 6) is 1.33. The molecule has 0 saturated heterocycles. The largest absolute Gasteiger partial charge is 0.457 e. The summed E-state index contributed by atoms with van der Waals surface area (Å²) in [5.41, 5.74) is 3.09. The molecule has 2 aromatic carbocycles. The average Bonchev–Trinajstić information content (AvgIpc) is 3.27. The molecule has 2 heterocycles. The Balaban J connectivity index is 1.70. The average molecular weight is 331 g/mol. The van der Waals surface area contributed by atoms with E-state index < -0.39 is 0 Å². The third kappa shape index (κ3) is 2.90. The number of ether oxygens (including phenoxy) is 1. The molecule has 0 aliphatic heterocycles. The Morgan fingerprint density at radius 2 is 2.12 bits per heavy atom. The zero-order chi connectivity index (χ0) is 17.2. The van der Waals surface area contributed by atoms with Gasteiger partial charge in [0.2, 0.25) is 0 Å². The third-order valence-corrected chi connectivity index (χ3v) is 3.80. The van der Waals surface area contributed by atoms with E-state index in [1.807, 2.05) is 25.2 Å². The minimum absolute atomic E-state index is 0.459. The molecule has 4 rings (SSSR count). The van der Waals surface area contributed by atoms with Crippen LogP contribution in [0.1, 0.15) is 11.1 Å². The summed E-state index contributed by atoms with van der Waals surface area (Å²) in [6.45, 7) is 0.459. The van der Waals surface area contributed by atoms with Crippen LogP contribution in [0.4, 0.5) is 0 Å². The van der Waals surface area contributed by atoms with Gasteiger partial charge in [0.15, 0.2) is 0 Å². The van der Waals surface area contributed by atoms with Crippen molar-refractivity contribution < 1.29 is 4.74 Å². The van der Waals surface area contributed by atoms with Crippen molar-refractivity contribution in [1.29, 1.82) is 5.26 Å². The molecular weight excluding hydrogens is 318 g/mol. The molecule has 0 bridgehead atoms. The maximum atomic E-state index is 9.15. The maximum Gasteiger partial charge on any atom is 0.137 e. The van der Waals surface area contributed by atoms with Crippen LogP contribution in [0.2, 0.25) is 0 Å². The summed E-state index contributed by atoms with van der Waals surface area (Å²) < 4.78 is 9.42. The Morgan fingerprint density at radius 3 is 2.92 bits per heavy atom. The quantitative estimate of drug-likeness (QED) is 0.569. The highest BCUT2D eigenvalue weighted by Gasteiger charge is 2.10. The predicted octanol–water partition coefficient (Wildman–Crippen LogP) is 2.27. The van der Waals surface area contributed by atoms with E-state index in [0.29, 0.717) is 23.6 Å². The van der Waals surface area contributed by atoms with Crippen molar-refractivity contribution in [1.82, 2.24) is 29.8 Å². The van der Waals surface area contributed by atoms with Gasteiger partial charge in [0.25, 0.3) is 0 Å². The molecule has 0 atom stereocenters. The third-order valence-electron chi connectivity index (χ3n) is 3.80. The summed E-state index contributed by atoms with van der Waals surface area (Å²) in [7, 11) is 1.83. The molecule has 0 aliphatic carbocycles. The van der Waals surface area contributed by atoms with Gasteiger partial charge in [-0.3, -0.25) is 0 Å². The minimum Gasteiger partial charge on any atom is -0.457 e. The van der Waals surface area contributed by atoms with Crippen LogP contribution in [0.5, 0.6) is 11.5 Å². The number of rotatable bonds is 4. The molecule has 0 saturated carbocycles. The lowest BCUT2D eigenvalue weighted by atomic mass is 10.1. The second kappa shape index (κ2) is 6.05. The van der Waals surface area contributed by atoms with E-state index in [1.54, 1.807) is 33.9 Å². The SMILES string of the molecule is Cn1nnc2ccc(Oc3ccc(C#N)cc3Cn3cncn3)cc21.